The van der Waals surface area contributed by atoms with Crippen LogP contribution in [-0.4, -0.2) is 46.5 Å². The number of sulfonamides is 1. The van der Waals surface area contributed by atoms with Gasteiger partial charge in [0.15, 0.2) is 0 Å². The molecule has 1 aromatic carbocycles. The molecule has 2 N–H and O–H groups in total. The summed E-state index contributed by atoms with van der Waals surface area (Å²) in [4.78, 5) is 5.10. The van der Waals surface area contributed by atoms with E-state index in [1.54, 1.807) is 12.1 Å². The zero-order valence-electron chi connectivity index (χ0n) is 10.6. The van der Waals surface area contributed by atoms with Crippen molar-refractivity contribution >= 4 is 21.6 Å². The lowest BCUT2D eigenvalue weighted by Gasteiger charge is -2.28. The second kappa shape index (κ2) is 6.88. The third-order valence-electron chi connectivity index (χ3n) is 2.99. The van der Waals surface area contributed by atoms with Crippen molar-refractivity contribution in [2.75, 3.05) is 33.2 Å². The predicted octanol–water partition coefficient (Wildman–Crippen LogP) is -3.63. The molecule has 108 valence electrons. The molecule has 0 amide bonds. The first-order valence-corrected chi connectivity index (χ1v) is 7.65. The Bertz CT molecular complexity index is 499. The summed E-state index contributed by atoms with van der Waals surface area (Å²) in [6, 6.07) is 6.19. The fourth-order valence-corrected chi connectivity index (χ4v) is 3.18. The van der Waals surface area contributed by atoms with Crippen LogP contribution in [0.4, 0.5) is 0 Å². The number of benzene rings is 1. The number of hydrogen-bond acceptors (Lipinski definition) is 3. The lowest BCUT2D eigenvalue weighted by atomic mass is 10.4. The summed E-state index contributed by atoms with van der Waals surface area (Å²) >= 11 is 5.74. The van der Waals surface area contributed by atoms with Gasteiger partial charge in [-0.2, -0.15) is 0 Å². The zero-order valence-corrected chi connectivity index (χ0v) is 12.9. The van der Waals surface area contributed by atoms with Gasteiger partial charge in [0.2, 0.25) is 0 Å². The van der Waals surface area contributed by atoms with E-state index in [0.29, 0.717) is 5.02 Å². The van der Waals surface area contributed by atoms with E-state index in [1.807, 2.05) is 7.05 Å². The molecule has 19 heavy (non-hydrogen) atoms. The van der Waals surface area contributed by atoms with Crippen LogP contribution in [0.15, 0.2) is 29.2 Å². The van der Waals surface area contributed by atoms with E-state index in [-0.39, 0.29) is 17.3 Å². The molecule has 1 aliphatic rings. The lowest BCUT2D eigenvalue weighted by Crippen LogP contribution is -3.21. The van der Waals surface area contributed by atoms with E-state index < -0.39 is 10.0 Å². The summed E-state index contributed by atoms with van der Waals surface area (Å²) in [6.45, 7) is 3.31. The van der Waals surface area contributed by atoms with Crippen LogP contribution in [0, 0.1) is 0 Å². The largest absolute Gasteiger partial charge is 1.00 e. The first-order chi connectivity index (χ1) is 8.47. The molecular weight excluding hydrogens is 309 g/mol. The van der Waals surface area contributed by atoms with E-state index in [0.717, 1.165) is 31.2 Å². The molecule has 0 spiro atoms. The monoisotopic (exact) mass is 325 g/mol. The minimum atomic E-state index is -3.46. The zero-order chi connectivity index (χ0) is 13.2. The second-order valence-corrected chi connectivity index (χ2v) is 6.59. The number of rotatable bonds is 3. The highest BCUT2D eigenvalue weighted by atomic mass is 35.5. The SMILES string of the molecule is CN1CC[NH+](NS(=O)(=O)c2ccc(Cl)cc2)CC1.[Cl-]. The summed E-state index contributed by atoms with van der Waals surface area (Å²) in [6.07, 6.45) is 0. The molecule has 0 radical (unpaired) electrons. The summed E-state index contributed by atoms with van der Waals surface area (Å²) in [7, 11) is -1.43. The molecule has 1 aromatic rings. The summed E-state index contributed by atoms with van der Waals surface area (Å²) in [5.74, 6) is 0. The van der Waals surface area contributed by atoms with Gasteiger partial charge < -0.3 is 12.4 Å². The van der Waals surface area contributed by atoms with Crippen LogP contribution in [0.2, 0.25) is 5.02 Å². The van der Waals surface area contributed by atoms with Crippen molar-refractivity contribution < 1.29 is 25.8 Å². The first-order valence-electron chi connectivity index (χ1n) is 5.79. The van der Waals surface area contributed by atoms with Gasteiger partial charge in [-0.05, 0) is 31.3 Å². The second-order valence-electron chi connectivity index (χ2n) is 4.47. The van der Waals surface area contributed by atoms with E-state index in [4.69, 9.17) is 11.6 Å². The topological polar surface area (TPSA) is 53.9 Å². The van der Waals surface area contributed by atoms with Crippen molar-refractivity contribution in [1.82, 2.24) is 9.73 Å². The van der Waals surface area contributed by atoms with Crippen molar-refractivity contribution in [2.45, 2.75) is 4.90 Å². The molecule has 1 aliphatic heterocycles. The van der Waals surface area contributed by atoms with Crippen molar-refractivity contribution in [3.63, 3.8) is 0 Å². The molecule has 0 aliphatic carbocycles. The molecule has 1 fully saturated rings. The van der Waals surface area contributed by atoms with Gasteiger partial charge in [0.25, 0.3) is 10.0 Å². The maximum atomic E-state index is 12.1. The van der Waals surface area contributed by atoms with Crippen molar-refractivity contribution in [1.29, 1.82) is 0 Å². The number of halogens is 2. The highest BCUT2D eigenvalue weighted by molar-refractivity contribution is 7.89. The number of nitrogens with one attached hydrogen (secondary N) is 2. The van der Waals surface area contributed by atoms with Crippen LogP contribution < -0.4 is 22.2 Å². The van der Waals surface area contributed by atoms with Crippen LogP contribution in [0.3, 0.4) is 0 Å². The average Bonchev–Trinajstić information content (AvgIpc) is 2.32. The standard InChI is InChI=1S/C11H16ClN3O2S.ClH/c1-14-6-8-15(9-7-14)13-18(16,17)11-4-2-10(12)3-5-11;/h2-5,13H,6-9H2,1H3;1H. The molecule has 5 nitrogen and oxygen atoms in total. The van der Waals surface area contributed by atoms with Gasteiger partial charge in [-0.1, -0.05) is 16.4 Å². The quantitative estimate of drug-likeness (QED) is 0.603. The number of piperazine rings is 1. The number of hydrogen-bond donors (Lipinski definition) is 2. The molecule has 0 atom stereocenters. The van der Waals surface area contributed by atoms with Gasteiger partial charge in [0.1, 0.15) is 13.1 Å². The third-order valence-corrected chi connectivity index (χ3v) is 4.70. The lowest BCUT2D eigenvalue weighted by molar-refractivity contribution is -0.934. The number of nitrogens with zero attached hydrogens (tertiary/aromatic N) is 1. The average molecular weight is 326 g/mol. The van der Waals surface area contributed by atoms with Gasteiger partial charge in [0, 0.05) is 18.1 Å². The number of likely N-dealkylation sites (N-methyl/N-ethyl adjacent to an activating group) is 1. The minimum Gasteiger partial charge on any atom is -1.00 e. The van der Waals surface area contributed by atoms with E-state index >= 15 is 0 Å². The molecule has 2 rings (SSSR count). The predicted molar refractivity (Wildman–Crippen MR) is 70.0 cm³/mol. The molecule has 1 heterocycles. The maximum absolute atomic E-state index is 12.1. The van der Waals surface area contributed by atoms with Crippen molar-refractivity contribution in [3.05, 3.63) is 29.3 Å². The Labute approximate surface area is 125 Å². The number of quaternary nitrogens is 1. The fourth-order valence-electron chi connectivity index (χ4n) is 1.85. The van der Waals surface area contributed by atoms with Gasteiger partial charge in [-0.3, -0.25) is 4.90 Å². The van der Waals surface area contributed by atoms with Crippen LogP contribution in [0.1, 0.15) is 0 Å². The Balaban J connectivity index is 0.00000180. The Morgan fingerprint density at radius 1 is 1.21 bits per heavy atom. The highest BCUT2D eigenvalue weighted by Gasteiger charge is 2.24. The van der Waals surface area contributed by atoms with Crippen molar-refractivity contribution in [3.8, 4) is 0 Å². The minimum absolute atomic E-state index is 0. The van der Waals surface area contributed by atoms with E-state index in [2.05, 4.69) is 9.73 Å². The maximum Gasteiger partial charge on any atom is 0.282 e. The Kier molecular flexibility index (Phi) is 6.04. The summed E-state index contributed by atoms with van der Waals surface area (Å²) in [5, 5.41) is 1.41. The van der Waals surface area contributed by atoms with Gasteiger partial charge in [0.05, 0.1) is 4.90 Å². The highest BCUT2D eigenvalue weighted by Crippen LogP contribution is 2.12. The van der Waals surface area contributed by atoms with E-state index in [1.165, 1.54) is 12.1 Å². The molecule has 1 saturated heterocycles. The van der Waals surface area contributed by atoms with Crippen LogP contribution in [0.25, 0.3) is 0 Å². The van der Waals surface area contributed by atoms with Crippen molar-refractivity contribution in [2.24, 2.45) is 0 Å². The van der Waals surface area contributed by atoms with Crippen LogP contribution >= 0.6 is 11.6 Å². The molecule has 0 saturated carbocycles. The molecule has 0 aromatic heterocycles. The molecule has 0 unspecified atom stereocenters. The molecular formula is C11H17Cl2N3O2S. The van der Waals surface area contributed by atoms with Crippen LogP contribution in [-0.2, 0) is 10.0 Å². The molecule has 8 heteroatoms. The third kappa shape index (κ3) is 4.59. The fraction of sp³-hybridized carbons (Fsp3) is 0.455. The van der Waals surface area contributed by atoms with Gasteiger partial charge >= 0.3 is 0 Å². The van der Waals surface area contributed by atoms with Gasteiger partial charge in [-0.25, -0.2) is 13.4 Å². The van der Waals surface area contributed by atoms with Crippen LogP contribution in [0.5, 0.6) is 0 Å². The first kappa shape index (κ1) is 16.7. The Hall–Kier alpha value is -0.370. The smallest absolute Gasteiger partial charge is 0.282 e. The van der Waals surface area contributed by atoms with E-state index in [9.17, 15) is 8.42 Å². The normalized spacial score (nSPS) is 18.0. The summed E-state index contributed by atoms with van der Waals surface area (Å²) in [5.41, 5.74) is 0. The van der Waals surface area contributed by atoms with Gasteiger partial charge in [-0.15, -0.1) is 0 Å². The molecule has 0 bridgehead atoms. The Morgan fingerprint density at radius 3 is 2.26 bits per heavy atom. The summed E-state index contributed by atoms with van der Waals surface area (Å²) < 4.78 is 24.2. The Morgan fingerprint density at radius 2 is 1.74 bits per heavy atom.